The minimum absolute atomic E-state index is 0.109. The highest BCUT2D eigenvalue weighted by atomic mass is 16.1. The van der Waals surface area contributed by atoms with Gasteiger partial charge in [0, 0.05) is 53.5 Å². The van der Waals surface area contributed by atoms with Gasteiger partial charge in [0.25, 0.3) is 0 Å². The lowest BCUT2D eigenvalue weighted by Gasteiger charge is -2.11. The van der Waals surface area contributed by atoms with E-state index in [0.29, 0.717) is 19.0 Å². The fraction of sp³-hybridized carbons (Fsp3) is 0.333. The van der Waals surface area contributed by atoms with Gasteiger partial charge in [-0.1, -0.05) is 0 Å². The van der Waals surface area contributed by atoms with E-state index in [1.807, 2.05) is 18.2 Å². The molecule has 0 radical (unpaired) electrons. The van der Waals surface area contributed by atoms with Gasteiger partial charge in [0.2, 0.25) is 5.91 Å². The van der Waals surface area contributed by atoms with Crippen LogP contribution in [0.15, 0.2) is 30.6 Å². The van der Waals surface area contributed by atoms with Crippen LogP contribution in [0.1, 0.15) is 19.3 Å². The largest absolute Gasteiger partial charge is 0.398 e. The van der Waals surface area contributed by atoms with Crippen molar-refractivity contribution in [3.63, 3.8) is 0 Å². The molecular weight excluding hydrogens is 252 g/mol. The second kappa shape index (κ2) is 5.36. The maximum Gasteiger partial charge on any atom is 0.221 e. The summed E-state index contributed by atoms with van der Waals surface area (Å²) in [4.78, 5) is 15.7. The lowest BCUT2D eigenvalue weighted by molar-refractivity contribution is -0.120. The second-order valence-electron chi connectivity index (χ2n) is 5.14. The molecule has 1 aromatic heterocycles. The Morgan fingerprint density at radius 3 is 2.95 bits per heavy atom. The van der Waals surface area contributed by atoms with E-state index in [0.717, 1.165) is 35.0 Å². The normalized spacial score (nSPS) is 14.2. The third-order valence-corrected chi connectivity index (χ3v) is 3.46. The summed E-state index contributed by atoms with van der Waals surface area (Å²) in [5.41, 5.74) is 7.64. The number of fused-ring (bicyclic) bond motifs is 1. The van der Waals surface area contributed by atoms with Crippen LogP contribution in [0.4, 0.5) is 11.4 Å². The van der Waals surface area contributed by atoms with Crippen LogP contribution in [-0.4, -0.2) is 23.5 Å². The highest BCUT2D eigenvalue weighted by Gasteiger charge is 2.22. The van der Waals surface area contributed by atoms with E-state index < -0.39 is 0 Å². The molecule has 5 heteroatoms. The van der Waals surface area contributed by atoms with Crippen molar-refractivity contribution in [2.75, 3.05) is 17.6 Å². The van der Waals surface area contributed by atoms with Crippen LogP contribution in [0.3, 0.4) is 0 Å². The molecule has 0 atom stereocenters. The van der Waals surface area contributed by atoms with E-state index >= 15 is 0 Å². The van der Waals surface area contributed by atoms with Gasteiger partial charge in [-0.3, -0.25) is 9.78 Å². The smallest absolute Gasteiger partial charge is 0.221 e. The molecule has 1 amide bonds. The number of aromatic nitrogens is 1. The third-order valence-electron chi connectivity index (χ3n) is 3.46. The molecule has 104 valence electrons. The summed E-state index contributed by atoms with van der Waals surface area (Å²) in [5, 5.41) is 8.22. The Bertz CT molecular complexity index is 637. The molecule has 1 aliphatic carbocycles. The zero-order valence-electron chi connectivity index (χ0n) is 11.2. The Kier molecular flexibility index (Phi) is 3.41. The summed E-state index contributed by atoms with van der Waals surface area (Å²) in [6.45, 7) is 0.604. The van der Waals surface area contributed by atoms with Crippen molar-refractivity contribution >= 4 is 28.1 Å². The topological polar surface area (TPSA) is 80.0 Å². The van der Waals surface area contributed by atoms with Gasteiger partial charge >= 0.3 is 0 Å². The fourth-order valence-corrected chi connectivity index (χ4v) is 2.21. The average molecular weight is 270 g/mol. The zero-order chi connectivity index (χ0) is 13.9. The number of hydrogen-bond donors (Lipinski definition) is 3. The van der Waals surface area contributed by atoms with Crippen molar-refractivity contribution in [1.29, 1.82) is 0 Å². The number of nitrogens with two attached hydrogens (primary N) is 1. The molecule has 1 fully saturated rings. The van der Waals surface area contributed by atoms with Crippen molar-refractivity contribution in [3.05, 3.63) is 30.6 Å². The molecule has 0 bridgehead atoms. The van der Waals surface area contributed by atoms with Crippen LogP contribution < -0.4 is 16.4 Å². The van der Waals surface area contributed by atoms with E-state index in [1.165, 1.54) is 0 Å². The number of rotatable bonds is 5. The minimum Gasteiger partial charge on any atom is -0.398 e. The van der Waals surface area contributed by atoms with Gasteiger partial charge in [0.05, 0.1) is 0 Å². The molecule has 0 spiro atoms. The van der Waals surface area contributed by atoms with Gasteiger partial charge in [-0.15, -0.1) is 0 Å². The third kappa shape index (κ3) is 2.82. The number of anilines is 2. The van der Waals surface area contributed by atoms with Crippen molar-refractivity contribution in [2.45, 2.75) is 25.3 Å². The van der Waals surface area contributed by atoms with Crippen molar-refractivity contribution in [1.82, 2.24) is 10.3 Å². The van der Waals surface area contributed by atoms with Gasteiger partial charge in [-0.05, 0) is 31.0 Å². The average Bonchev–Trinajstić information content (AvgIpc) is 3.26. The van der Waals surface area contributed by atoms with Gasteiger partial charge in [-0.25, -0.2) is 0 Å². The van der Waals surface area contributed by atoms with Crippen LogP contribution in [0.25, 0.3) is 10.8 Å². The number of nitrogens with zero attached hydrogens (tertiary/aromatic N) is 1. The molecule has 2 aromatic rings. The highest BCUT2D eigenvalue weighted by molar-refractivity contribution is 6.00. The molecule has 0 unspecified atom stereocenters. The minimum atomic E-state index is 0.109. The predicted molar refractivity (Wildman–Crippen MR) is 80.4 cm³/mol. The molecule has 1 aromatic carbocycles. The summed E-state index contributed by atoms with van der Waals surface area (Å²) < 4.78 is 0. The fourth-order valence-electron chi connectivity index (χ4n) is 2.21. The summed E-state index contributed by atoms with van der Waals surface area (Å²) >= 11 is 0. The predicted octanol–water partition coefficient (Wildman–Crippen LogP) is 1.90. The molecular formula is C15H18N4O. The van der Waals surface area contributed by atoms with Gasteiger partial charge < -0.3 is 16.4 Å². The maximum absolute atomic E-state index is 11.6. The number of pyridine rings is 1. The van der Waals surface area contributed by atoms with Crippen LogP contribution in [0, 0.1) is 0 Å². The van der Waals surface area contributed by atoms with E-state index in [9.17, 15) is 4.79 Å². The Morgan fingerprint density at radius 2 is 2.15 bits per heavy atom. The maximum atomic E-state index is 11.6. The molecule has 5 nitrogen and oxygen atoms in total. The number of nitrogen functional groups attached to an aromatic ring is 1. The van der Waals surface area contributed by atoms with Crippen molar-refractivity contribution < 1.29 is 4.79 Å². The number of amides is 1. The highest BCUT2D eigenvalue weighted by Crippen LogP contribution is 2.27. The first kappa shape index (κ1) is 12.7. The Labute approximate surface area is 117 Å². The number of nitrogens with one attached hydrogen (secondary N) is 2. The Morgan fingerprint density at radius 1 is 1.30 bits per heavy atom. The molecule has 1 heterocycles. The molecule has 0 aliphatic heterocycles. The van der Waals surface area contributed by atoms with Gasteiger partial charge in [0.15, 0.2) is 0 Å². The monoisotopic (exact) mass is 270 g/mol. The molecule has 0 saturated heterocycles. The number of carbonyl (C=O) groups excluding carboxylic acids is 1. The summed E-state index contributed by atoms with van der Waals surface area (Å²) in [7, 11) is 0. The Hall–Kier alpha value is -2.30. The molecule has 1 aliphatic rings. The van der Waals surface area contributed by atoms with E-state index in [4.69, 9.17) is 5.73 Å². The van der Waals surface area contributed by atoms with Crippen LogP contribution in [-0.2, 0) is 4.79 Å². The standard InChI is InChI=1S/C15H18N4O/c16-13-3-4-14(12-9-17-7-5-11(12)13)18-8-6-15(20)19-10-1-2-10/h3-5,7,9-10,18H,1-2,6,8,16H2,(H,19,20). The van der Waals surface area contributed by atoms with Crippen LogP contribution in [0.2, 0.25) is 0 Å². The van der Waals surface area contributed by atoms with Gasteiger partial charge in [0.1, 0.15) is 0 Å². The lowest BCUT2D eigenvalue weighted by Crippen LogP contribution is -2.27. The quantitative estimate of drug-likeness (QED) is 0.725. The van der Waals surface area contributed by atoms with E-state index in [1.54, 1.807) is 12.4 Å². The van der Waals surface area contributed by atoms with Crippen LogP contribution in [0.5, 0.6) is 0 Å². The molecule has 20 heavy (non-hydrogen) atoms. The molecule has 4 N–H and O–H groups in total. The summed E-state index contributed by atoms with van der Waals surface area (Å²) in [6.07, 6.45) is 6.23. The lowest BCUT2D eigenvalue weighted by atomic mass is 10.1. The first-order chi connectivity index (χ1) is 9.74. The molecule has 3 rings (SSSR count). The summed E-state index contributed by atoms with van der Waals surface area (Å²) in [6, 6.07) is 6.12. The second-order valence-corrected chi connectivity index (χ2v) is 5.14. The number of hydrogen-bond acceptors (Lipinski definition) is 4. The number of carbonyl (C=O) groups is 1. The Balaban J connectivity index is 1.65. The van der Waals surface area contributed by atoms with Crippen LogP contribution >= 0.6 is 0 Å². The van der Waals surface area contributed by atoms with Gasteiger partial charge in [-0.2, -0.15) is 0 Å². The van der Waals surface area contributed by atoms with Crippen molar-refractivity contribution in [3.8, 4) is 0 Å². The summed E-state index contributed by atoms with van der Waals surface area (Å²) in [5.74, 6) is 0.109. The number of benzene rings is 1. The zero-order valence-corrected chi connectivity index (χ0v) is 11.2. The molecule has 1 saturated carbocycles. The van der Waals surface area contributed by atoms with E-state index in [-0.39, 0.29) is 5.91 Å². The SMILES string of the molecule is Nc1ccc(NCCC(=O)NC2CC2)c2cnccc12. The first-order valence-corrected chi connectivity index (χ1v) is 6.89. The van der Waals surface area contributed by atoms with E-state index in [2.05, 4.69) is 15.6 Å². The first-order valence-electron chi connectivity index (χ1n) is 6.89. The van der Waals surface area contributed by atoms with Crippen molar-refractivity contribution in [2.24, 2.45) is 0 Å².